The largest absolute Gasteiger partial charge is 0.349 e. The molecule has 0 bridgehead atoms. The predicted molar refractivity (Wildman–Crippen MR) is 83.6 cm³/mol. The fourth-order valence-corrected chi connectivity index (χ4v) is 2.71. The van der Waals surface area contributed by atoms with E-state index in [2.05, 4.69) is 54.9 Å². The average molecular weight is 269 g/mol. The molecule has 0 amide bonds. The molecule has 0 aromatic heterocycles. The Kier molecular flexibility index (Phi) is 5.70. The summed E-state index contributed by atoms with van der Waals surface area (Å²) in [6.45, 7) is 14.0. The molecule has 1 radical (unpaired) electrons. The van der Waals surface area contributed by atoms with E-state index in [1.165, 1.54) is 0 Å². The third-order valence-corrected chi connectivity index (χ3v) is 4.76. The Morgan fingerprint density at radius 1 is 1.33 bits per heavy atom. The van der Waals surface area contributed by atoms with E-state index in [0.717, 1.165) is 6.42 Å². The molecular formula is C13H27B2O2S. The minimum Gasteiger partial charge on any atom is -0.349 e. The Hall–Kier alpha value is 0.400. The van der Waals surface area contributed by atoms with Gasteiger partial charge in [-0.3, -0.25) is 0 Å². The van der Waals surface area contributed by atoms with Gasteiger partial charge >= 0.3 is 0 Å². The Bertz CT molecular complexity index is 270. The summed E-state index contributed by atoms with van der Waals surface area (Å²) >= 11 is 1.88. The van der Waals surface area contributed by atoms with E-state index in [1.807, 2.05) is 11.6 Å². The van der Waals surface area contributed by atoms with Gasteiger partial charge < -0.3 is 9.47 Å². The van der Waals surface area contributed by atoms with E-state index in [-0.39, 0.29) is 23.1 Å². The molecule has 1 aliphatic heterocycles. The number of hydrogen-bond donors (Lipinski definition) is 0. The SMILES string of the molecule is CCC(C)([B]B(C)SC)C1COC(C(C)(C)C)O1. The lowest BCUT2D eigenvalue weighted by atomic mass is 9.27. The highest BCUT2D eigenvalue weighted by Crippen LogP contribution is 2.42. The number of rotatable bonds is 5. The summed E-state index contributed by atoms with van der Waals surface area (Å²) in [5.41, 5.74) is 0.0501. The quantitative estimate of drug-likeness (QED) is 0.711. The maximum absolute atomic E-state index is 6.16. The van der Waals surface area contributed by atoms with Crippen LogP contribution in [0.5, 0.6) is 0 Å². The lowest BCUT2D eigenvalue weighted by Gasteiger charge is -2.35. The van der Waals surface area contributed by atoms with Crippen molar-refractivity contribution in [2.45, 2.75) is 65.6 Å². The van der Waals surface area contributed by atoms with Crippen LogP contribution in [0.4, 0.5) is 0 Å². The normalized spacial score (nSPS) is 27.9. The van der Waals surface area contributed by atoms with Crippen molar-refractivity contribution in [2.75, 3.05) is 12.9 Å². The van der Waals surface area contributed by atoms with Gasteiger partial charge in [-0.25, -0.2) is 11.6 Å². The molecule has 1 rings (SSSR count). The van der Waals surface area contributed by atoms with Crippen LogP contribution in [-0.4, -0.2) is 38.3 Å². The van der Waals surface area contributed by atoms with Crippen molar-refractivity contribution in [3.8, 4) is 0 Å². The molecule has 3 unspecified atom stereocenters. The van der Waals surface area contributed by atoms with Crippen LogP contribution in [0.25, 0.3) is 0 Å². The topological polar surface area (TPSA) is 18.5 Å². The van der Waals surface area contributed by atoms with Crippen molar-refractivity contribution in [1.29, 1.82) is 0 Å². The van der Waals surface area contributed by atoms with E-state index < -0.39 is 0 Å². The highest BCUT2D eigenvalue weighted by Gasteiger charge is 2.44. The third-order valence-electron chi connectivity index (χ3n) is 3.88. The third kappa shape index (κ3) is 3.94. The Morgan fingerprint density at radius 3 is 2.33 bits per heavy atom. The lowest BCUT2D eigenvalue weighted by Crippen LogP contribution is -2.39. The summed E-state index contributed by atoms with van der Waals surface area (Å²) in [5.74, 6) is 0.548. The second kappa shape index (κ2) is 6.23. The highest BCUT2D eigenvalue weighted by atomic mass is 32.2. The summed E-state index contributed by atoms with van der Waals surface area (Å²) in [7, 11) is 2.43. The zero-order valence-electron chi connectivity index (χ0n) is 12.9. The van der Waals surface area contributed by atoms with Crippen LogP contribution in [0.15, 0.2) is 0 Å². The Balaban J connectivity index is 2.67. The summed E-state index contributed by atoms with van der Waals surface area (Å²) in [5, 5.41) is 0.0996. The monoisotopic (exact) mass is 269 g/mol. The van der Waals surface area contributed by atoms with Crippen molar-refractivity contribution in [1.82, 2.24) is 0 Å². The first-order valence-corrected chi connectivity index (χ1v) is 8.17. The molecular weight excluding hydrogens is 242 g/mol. The first kappa shape index (κ1) is 16.5. The summed E-state index contributed by atoms with van der Waals surface area (Å²) in [6.07, 6.45) is 3.34. The summed E-state index contributed by atoms with van der Waals surface area (Å²) < 4.78 is 12.0. The summed E-state index contributed by atoms with van der Waals surface area (Å²) in [4.78, 5) is 0. The summed E-state index contributed by atoms with van der Waals surface area (Å²) in [6, 6.07) is 0. The van der Waals surface area contributed by atoms with Crippen LogP contribution in [0.3, 0.4) is 0 Å². The molecule has 1 saturated heterocycles. The molecule has 18 heavy (non-hydrogen) atoms. The highest BCUT2D eigenvalue weighted by molar-refractivity contribution is 8.29. The molecule has 0 aromatic carbocycles. The first-order chi connectivity index (χ1) is 8.23. The van der Waals surface area contributed by atoms with Crippen molar-refractivity contribution >= 4 is 24.7 Å². The molecule has 2 nitrogen and oxygen atoms in total. The van der Waals surface area contributed by atoms with Gasteiger partial charge in [-0.1, -0.05) is 47.9 Å². The van der Waals surface area contributed by atoms with Gasteiger partial charge in [-0.2, -0.15) is 0 Å². The van der Waals surface area contributed by atoms with Crippen LogP contribution in [-0.2, 0) is 9.47 Å². The minimum atomic E-state index is -0.0774. The van der Waals surface area contributed by atoms with Gasteiger partial charge in [-0.05, 0) is 11.6 Å². The van der Waals surface area contributed by atoms with E-state index in [0.29, 0.717) is 12.5 Å². The molecule has 3 atom stereocenters. The molecule has 0 aromatic rings. The molecule has 103 valence electrons. The maximum atomic E-state index is 6.16. The maximum Gasteiger partial charge on any atom is 0.166 e. The van der Waals surface area contributed by atoms with Gasteiger partial charge in [0.05, 0.1) is 12.7 Å². The van der Waals surface area contributed by atoms with Crippen LogP contribution >= 0.6 is 11.6 Å². The number of hydrogen-bond acceptors (Lipinski definition) is 3. The van der Waals surface area contributed by atoms with Crippen LogP contribution in [0, 0.1) is 5.41 Å². The zero-order valence-corrected chi connectivity index (χ0v) is 13.8. The minimum absolute atomic E-state index is 0.0501. The number of ether oxygens (including phenoxy) is 2. The Labute approximate surface area is 118 Å². The van der Waals surface area contributed by atoms with Gasteiger partial charge in [-0.15, -0.1) is 0 Å². The molecule has 0 N–H and O–H groups in total. The van der Waals surface area contributed by atoms with Crippen molar-refractivity contribution < 1.29 is 9.47 Å². The molecule has 0 saturated carbocycles. The second-order valence-electron chi connectivity index (χ2n) is 6.62. The zero-order chi connectivity index (χ0) is 14.0. The standard InChI is InChI=1S/C13H27B2O2S/c1-8-13(5,14-15(6)18-7)10-9-16-11(17-10)12(2,3)4/h10-11H,8-9H2,1-7H3. The van der Waals surface area contributed by atoms with E-state index in [4.69, 9.17) is 9.47 Å². The van der Waals surface area contributed by atoms with Gasteiger partial charge in [0.15, 0.2) is 12.2 Å². The lowest BCUT2D eigenvalue weighted by molar-refractivity contribution is -0.128. The molecule has 0 spiro atoms. The van der Waals surface area contributed by atoms with Gasteiger partial charge in [0.1, 0.15) is 7.17 Å². The first-order valence-electron chi connectivity index (χ1n) is 6.89. The van der Waals surface area contributed by atoms with E-state index >= 15 is 0 Å². The average Bonchev–Trinajstić information content (AvgIpc) is 2.78. The predicted octanol–water partition coefficient (Wildman–Crippen LogP) is 3.55. The van der Waals surface area contributed by atoms with Gasteiger partial charge in [0, 0.05) is 5.41 Å². The van der Waals surface area contributed by atoms with Crippen molar-refractivity contribution in [3.05, 3.63) is 0 Å². The second-order valence-corrected chi connectivity index (χ2v) is 7.84. The Morgan fingerprint density at radius 2 is 1.94 bits per heavy atom. The van der Waals surface area contributed by atoms with Crippen LogP contribution < -0.4 is 0 Å². The fourth-order valence-electron chi connectivity index (χ4n) is 2.26. The van der Waals surface area contributed by atoms with Crippen LogP contribution in [0.1, 0.15) is 41.0 Å². The molecule has 0 aliphatic carbocycles. The van der Waals surface area contributed by atoms with Gasteiger partial charge in [0.2, 0.25) is 0 Å². The smallest absolute Gasteiger partial charge is 0.166 e. The van der Waals surface area contributed by atoms with E-state index in [9.17, 15) is 0 Å². The molecule has 5 heteroatoms. The van der Waals surface area contributed by atoms with Crippen molar-refractivity contribution in [2.24, 2.45) is 5.41 Å². The molecule has 1 fully saturated rings. The molecule has 1 aliphatic rings. The fraction of sp³-hybridized carbons (Fsp3) is 1.00. The van der Waals surface area contributed by atoms with Crippen molar-refractivity contribution in [3.63, 3.8) is 0 Å². The van der Waals surface area contributed by atoms with Gasteiger partial charge in [0.25, 0.3) is 0 Å². The van der Waals surface area contributed by atoms with E-state index in [1.54, 1.807) is 0 Å². The van der Waals surface area contributed by atoms with Crippen LogP contribution in [0.2, 0.25) is 12.1 Å². The molecule has 1 heterocycles.